The lowest BCUT2D eigenvalue weighted by atomic mass is 10.2. The molecule has 0 aliphatic carbocycles. The largest absolute Gasteiger partial charge is 0.469 e. The smallest absolute Gasteiger partial charge is 0.153 e. The molecular weight excluding hydrogens is 128 g/mol. The Bertz CT molecular complexity index is 213. The van der Waals surface area contributed by atoms with Crippen LogP contribution in [-0.2, 0) is 6.42 Å². The summed E-state index contributed by atoms with van der Waals surface area (Å²) in [5, 5.41) is 0. The number of rotatable bonds is 3. The number of carbonyl (C=O) groups excluding carboxylic acids is 1. The standard InChI is InChI=1S/C8H10O2/c1-2-3-8-4-7(5-9)6-10-8/h4-6H,2-3H2,1H3. The van der Waals surface area contributed by atoms with Gasteiger partial charge in [-0.2, -0.15) is 0 Å². The summed E-state index contributed by atoms with van der Waals surface area (Å²) in [5.74, 6) is 0.893. The Kier molecular flexibility index (Phi) is 2.26. The van der Waals surface area contributed by atoms with E-state index in [0.29, 0.717) is 5.56 Å². The highest BCUT2D eigenvalue weighted by molar-refractivity contribution is 5.74. The van der Waals surface area contributed by atoms with Crippen LogP contribution in [-0.4, -0.2) is 6.29 Å². The van der Waals surface area contributed by atoms with Crippen LogP contribution in [0, 0.1) is 0 Å². The lowest BCUT2D eigenvalue weighted by molar-refractivity contribution is 0.112. The predicted octanol–water partition coefficient (Wildman–Crippen LogP) is 2.04. The van der Waals surface area contributed by atoms with Crippen molar-refractivity contribution in [3.05, 3.63) is 23.7 Å². The van der Waals surface area contributed by atoms with Gasteiger partial charge in [-0.25, -0.2) is 0 Å². The molecule has 0 spiro atoms. The van der Waals surface area contributed by atoms with E-state index in [4.69, 9.17) is 4.42 Å². The van der Waals surface area contributed by atoms with Gasteiger partial charge in [0.25, 0.3) is 0 Å². The van der Waals surface area contributed by atoms with E-state index in [-0.39, 0.29) is 0 Å². The SMILES string of the molecule is CCCc1cc(C=O)co1. The van der Waals surface area contributed by atoms with E-state index < -0.39 is 0 Å². The van der Waals surface area contributed by atoms with Gasteiger partial charge in [0.05, 0.1) is 5.56 Å². The monoisotopic (exact) mass is 138 g/mol. The fraction of sp³-hybridized carbons (Fsp3) is 0.375. The molecule has 0 saturated carbocycles. The van der Waals surface area contributed by atoms with Crippen molar-refractivity contribution in [3.8, 4) is 0 Å². The average Bonchev–Trinajstić information content (AvgIpc) is 2.37. The summed E-state index contributed by atoms with van der Waals surface area (Å²) in [6.07, 6.45) is 4.24. The molecule has 0 atom stereocenters. The summed E-state index contributed by atoms with van der Waals surface area (Å²) in [4.78, 5) is 10.2. The van der Waals surface area contributed by atoms with Crippen molar-refractivity contribution in [2.45, 2.75) is 19.8 Å². The maximum Gasteiger partial charge on any atom is 0.153 e. The molecule has 0 fully saturated rings. The summed E-state index contributed by atoms with van der Waals surface area (Å²) in [7, 11) is 0. The Balaban J connectivity index is 2.68. The van der Waals surface area contributed by atoms with Gasteiger partial charge in [0.15, 0.2) is 6.29 Å². The van der Waals surface area contributed by atoms with Crippen molar-refractivity contribution >= 4 is 6.29 Å². The molecule has 0 saturated heterocycles. The maximum absolute atomic E-state index is 10.2. The predicted molar refractivity (Wildman–Crippen MR) is 38.1 cm³/mol. The minimum Gasteiger partial charge on any atom is -0.469 e. The van der Waals surface area contributed by atoms with Crippen LogP contribution in [0.15, 0.2) is 16.7 Å². The summed E-state index contributed by atoms with van der Waals surface area (Å²) >= 11 is 0. The highest BCUT2D eigenvalue weighted by Crippen LogP contribution is 2.07. The molecule has 1 aromatic rings. The van der Waals surface area contributed by atoms with E-state index in [2.05, 4.69) is 6.92 Å². The molecule has 10 heavy (non-hydrogen) atoms. The first-order valence-corrected chi connectivity index (χ1v) is 3.39. The highest BCUT2D eigenvalue weighted by atomic mass is 16.3. The normalized spacial score (nSPS) is 9.70. The van der Waals surface area contributed by atoms with Crippen LogP contribution < -0.4 is 0 Å². The van der Waals surface area contributed by atoms with Gasteiger partial charge in [0.2, 0.25) is 0 Å². The van der Waals surface area contributed by atoms with Crippen LogP contribution in [0.5, 0.6) is 0 Å². The lowest BCUT2D eigenvalue weighted by Gasteiger charge is -1.85. The molecule has 54 valence electrons. The second kappa shape index (κ2) is 3.20. The molecule has 0 amide bonds. The highest BCUT2D eigenvalue weighted by Gasteiger charge is 1.97. The first-order valence-electron chi connectivity index (χ1n) is 3.39. The lowest BCUT2D eigenvalue weighted by Crippen LogP contribution is -1.76. The number of hydrogen-bond donors (Lipinski definition) is 0. The summed E-state index contributed by atoms with van der Waals surface area (Å²) in [6, 6.07) is 1.77. The molecule has 1 aromatic heterocycles. The van der Waals surface area contributed by atoms with Gasteiger partial charge in [0, 0.05) is 6.42 Å². The Morgan fingerprint density at radius 1 is 1.70 bits per heavy atom. The molecule has 0 aliphatic heterocycles. The minimum absolute atomic E-state index is 0.628. The molecule has 0 radical (unpaired) electrons. The Morgan fingerprint density at radius 3 is 3.00 bits per heavy atom. The third kappa shape index (κ3) is 1.47. The summed E-state index contributed by atoms with van der Waals surface area (Å²) in [5.41, 5.74) is 0.628. The van der Waals surface area contributed by atoms with Crippen LogP contribution >= 0.6 is 0 Å². The number of furan rings is 1. The zero-order valence-electron chi connectivity index (χ0n) is 5.96. The van der Waals surface area contributed by atoms with Gasteiger partial charge in [-0.3, -0.25) is 4.79 Å². The topological polar surface area (TPSA) is 30.2 Å². The fourth-order valence-electron chi connectivity index (χ4n) is 0.837. The summed E-state index contributed by atoms with van der Waals surface area (Å²) < 4.78 is 5.06. The first-order chi connectivity index (χ1) is 4.86. The van der Waals surface area contributed by atoms with Crippen molar-refractivity contribution in [2.24, 2.45) is 0 Å². The molecule has 1 rings (SSSR count). The zero-order valence-corrected chi connectivity index (χ0v) is 5.96. The number of hydrogen-bond acceptors (Lipinski definition) is 2. The number of aryl methyl sites for hydroxylation is 1. The second-order valence-electron chi connectivity index (χ2n) is 2.21. The second-order valence-corrected chi connectivity index (χ2v) is 2.21. The average molecular weight is 138 g/mol. The fourth-order valence-corrected chi connectivity index (χ4v) is 0.837. The number of aldehydes is 1. The van der Waals surface area contributed by atoms with Crippen molar-refractivity contribution in [1.29, 1.82) is 0 Å². The van der Waals surface area contributed by atoms with Crippen molar-refractivity contribution in [3.63, 3.8) is 0 Å². The third-order valence-electron chi connectivity index (χ3n) is 1.31. The third-order valence-corrected chi connectivity index (χ3v) is 1.31. The quantitative estimate of drug-likeness (QED) is 0.598. The van der Waals surface area contributed by atoms with Crippen LogP contribution in [0.25, 0.3) is 0 Å². The van der Waals surface area contributed by atoms with E-state index in [1.165, 1.54) is 6.26 Å². The van der Waals surface area contributed by atoms with Crippen molar-refractivity contribution < 1.29 is 9.21 Å². The van der Waals surface area contributed by atoms with Gasteiger partial charge >= 0.3 is 0 Å². The van der Waals surface area contributed by atoms with E-state index in [1.54, 1.807) is 6.07 Å². The van der Waals surface area contributed by atoms with Crippen LogP contribution in [0.2, 0.25) is 0 Å². The van der Waals surface area contributed by atoms with Gasteiger partial charge in [-0.15, -0.1) is 0 Å². The molecule has 0 bridgehead atoms. The Morgan fingerprint density at radius 2 is 2.50 bits per heavy atom. The van der Waals surface area contributed by atoms with Crippen LogP contribution in [0.4, 0.5) is 0 Å². The number of carbonyl (C=O) groups is 1. The molecule has 0 N–H and O–H groups in total. The van der Waals surface area contributed by atoms with Crippen LogP contribution in [0.1, 0.15) is 29.5 Å². The summed E-state index contributed by atoms with van der Waals surface area (Å²) in [6.45, 7) is 2.07. The molecular formula is C8H10O2. The van der Waals surface area contributed by atoms with Crippen LogP contribution in [0.3, 0.4) is 0 Å². The molecule has 0 unspecified atom stereocenters. The van der Waals surface area contributed by atoms with E-state index >= 15 is 0 Å². The van der Waals surface area contributed by atoms with Gasteiger partial charge < -0.3 is 4.42 Å². The van der Waals surface area contributed by atoms with Gasteiger partial charge in [-0.1, -0.05) is 6.92 Å². The van der Waals surface area contributed by atoms with Crippen molar-refractivity contribution in [2.75, 3.05) is 0 Å². The minimum atomic E-state index is 0.628. The molecule has 1 heterocycles. The van der Waals surface area contributed by atoms with E-state index in [1.807, 2.05) is 0 Å². The maximum atomic E-state index is 10.2. The van der Waals surface area contributed by atoms with Gasteiger partial charge in [0.1, 0.15) is 12.0 Å². The van der Waals surface area contributed by atoms with Crippen molar-refractivity contribution in [1.82, 2.24) is 0 Å². The zero-order chi connectivity index (χ0) is 7.40. The molecule has 0 aromatic carbocycles. The first kappa shape index (κ1) is 7.06. The Hall–Kier alpha value is -1.05. The Labute approximate surface area is 59.8 Å². The molecule has 0 aliphatic rings. The van der Waals surface area contributed by atoms with Gasteiger partial charge in [-0.05, 0) is 12.5 Å². The van der Waals surface area contributed by atoms with E-state index in [0.717, 1.165) is 24.9 Å². The molecule has 2 nitrogen and oxygen atoms in total. The molecule has 2 heteroatoms. The van der Waals surface area contributed by atoms with E-state index in [9.17, 15) is 4.79 Å².